The molecule has 2 rings (SSSR count). The fourth-order valence-electron chi connectivity index (χ4n) is 3.00. The van der Waals surface area contributed by atoms with Crippen LogP contribution < -0.4 is 5.32 Å². The molecule has 5 heteroatoms. The molecule has 114 valence electrons. The number of hydrogen-bond acceptors (Lipinski definition) is 4. The topological polar surface area (TPSA) is 46.0 Å². The Morgan fingerprint density at radius 3 is 2.70 bits per heavy atom. The van der Waals surface area contributed by atoms with Gasteiger partial charge in [-0.3, -0.25) is 9.58 Å². The molecule has 0 spiro atoms. The van der Waals surface area contributed by atoms with Crippen LogP contribution in [0, 0.1) is 11.8 Å². The molecule has 1 aromatic rings. The van der Waals surface area contributed by atoms with Crippen molar-refractivity contribution in [2.75, 3.05) is 13.1 Å². The number of nitrogens with zero attached hydrogens (tertiary/aromatic N) is 4. The van der Waals surface area contributed by atoms with Crippen molar-refractivity contribution in [1.82, 2.24) is 25.0 Å². The summed E-state index contributed by atoms with van der Waals surface area (Å²) in [6.07, 6.45) is 2.87. The molecule has 3 unspecified atom stereocenters. The minimum atomic E-state index is 0.576. The fraction of sp³-hybridized carbons (Fsp3) is 0.867. The van der Waals surface area contributed by atoms with Crippen LogP contribution in [-0.2, 0) is 13.6 Å². The number of piperazine rings is 1. The first-order chi connectivity index (χ1) is 9.52. The average molecular weight is 279 g/mol. The Morgan fingerprint density at radius 1 is 1.40 bits per heavy atom. The molecule has 0 bridgehead atoms. The lowest BCUT2D eigenvalue weighted by atomic mass is 9.92. The van der Waals surface area contributed by atoms with Gasteiger partial charge in [-0.2, -0.15) is 5.10 Å². The average Bonchev–Trinajstić information content (AvgIpc) is 2.83. The molecule has 0 radical (unpaired) electrons. The Kier molecular flexibility index (Phi) is 5.16. The number of rotatable bonds is 5. The number of hydrogen-bond donors (Lipinski definition) is 1. The molecule has 1 aliphatic heterocycles. The first-order valence-electron chi connectivity index (χ1n) is 7.83. The molecule has 20 heavy (non-hydrogen) atoms. The van der Waals surface area contributed by atoms with Crippen molar-refractivity contribution >= 4 is 0 Å². The van der Waals surface area contributed by atoms with Gasteiger partial charge in [0.25, 0.3) is 0 Å². The highest BCUT2D eigenvalue weighted by Crippen LogP contribution is 2.21. The van der Waals surface area contributed by atoms with Gasteiger partial charge in [-0.1, -0.05) is 34.1 Å². The standard InChI is InChI=1S/C15H29N5/c1-6-12(4)13-8-20(14(7-16-13)11(2)3)9-15-17-10-18-19(15)5/h10-14,16H,6-9H2,1-5H3. The lowest BCUT2D eigenvalue weighted by molar-refractivity contribution is 0.0720. The van der Waals surface area contributed by atoms with Crippen LogP contribution in [0.2, 0.25) is 0 Å². The Labute approximate surface area is 122 Å². The van der Waals surface area contributed by atoms with Gasteiger partial charge in [-0.05, 0) is 11.8 Å². The molecule has 1 saturated heterocycles. The van der Waals surface area contributed by atoms with Gasteiger partial charge in [0.15, 0.2) is 0 Å². The zero-order valence-electron chi connectivity index (χ0n) is 13.5. The first-order valence-corrected chi connectivity index (χ1v) is 7.83. The lowest BCUT2D eigenvalue weighted by Gasteiger charge is -2.43. The Hall–Kier alpha value is -0.940. The van der Waals surface area contributed by atoms with Crippen molar-refractivity contribution in [3.05, 3.63) is 12.2 Å². The van der Waals surface area contributed by atoms with Crippen LogP contribution in [0.3, 0.4) is 0 Å². The van der Waals surface area contributed by atoms with E-state index in [4.69, 9.17) is 0 Å². The SMILES string of the molecule is CCC(C)C1CN(Cc2ncnn2C)C(C(C)C)CN1. The highest BCUT2D eigenvalue weighted by atomic mass is 15.3. The second-order valence-electron chi connectivity index (χ2n) is 6.44. The van der Waals surface area contributed by atoms with Crippen LogP contribution in [0.4, 0.5) is 0 Å². The van der Waals surface area contributed by atoms with E-state index in [1.807, 2.05) is 11.7 Å². The smallest absolute Gasteiger partial charge is 0.140 e. The van der Waals surface area contributed by atoms with Crippen molar-refractivity contribution in [3.63, 3.8) is 0 Å². The zero-order chi connectivity index (χ0) is 14.7. The Morgan fingerprint density at radius 2 is 2.15 bits per heavy atom. The summed E-state index contributed by atoms with van der Waals surface area (Å²) in [5.74, 6) is 2.42. The molecule has 0 saturated carbocycles. The van der Waals surface area contributed by atoms with E-state index in [1.165, 1.54) is 6.42 Å². The monoisotopic (exact) mass is 279 g/mol. The maximum atomic E-state index is 4.38. The van der Waals surface area contributed by atoms with Gasteiger partial charge < -0.3 is 5.32 Å². The third-order valence-corrected chi connectivity index (χ3v) is 4.74. The summed E-state index contributed by atoms with van der Waals surface area (Å²) in [5.41, 5.74) is 0. The molecule has 1 fully saturated rings. The maximum absolute atomic E-state index is 4.38. The van der Waals surface area contributed by atoms with E-state index >= 15 is 0 Å². The van der Waals surface area contributed by atoms with Crippen LogP contribution in [0.25, 0.3) is 0 Å². The van der Waals surface area contributed by atoms with Crippen LogP contribution in [0.15, 0.2) is 6.33 Å². The Balaban J connectivity index is 2.09. The highest BCUT2D eigenvalue weighted by Gasteiger charge is 2.32. The Bertz CT molecular complexity index is 414. The van der Waals surface area contributed by atoms with Crippen LogP contribution in [-0.4, -0.2) is 44.8 Å². The summed E-state index contributed by atoms with van der Waals surface area (Å²) in [6, 6.07) is 1.16. The van der Waals surface area contributed by atoms with Crippen molar-refractivity contribution in [2.45, 2.75) is 52.7 Å². The zero-order valence-corrected chi connectivity index (χ0v) is 13.5. The van der Waals surface area contributed by atoms with Crippen molar-refractivity contribution < 1.29 is 0 Å². The van der Waals surface area contributed by atoms with E-state index in [9.17, 15) is 0 Å². The molecule has 5 nitrogen and oxygen atoms in total. The molecule has 1 N–H and O–H groups in total. The van der Waals surface area contributed by atoms with Crippen molar-refractivity contribution in [1.29, 1.82) is 0 Å². The van der Waals surface area contributed by atoms with Crippen molar-refractivity contribution in [3.8, 4) is 0 Å². The van der Waals surface area contributed by atoms with Crippen LogP contribution in [0.1, 0.15) is 39.9 Å². The van der Waals surface area contributed by atoms with Gasteiger partial charge >= 0.3 is 0 Å². The molecular weight excluding hydrogens is 250 g/mol. The molecular formula is C15H29N5. The van der Waals surface area contributed by atoms with Gasteiger partial charge in [0.1, 0.15) is 12.2 Å². The normalized spacial score (nSPS) is 26.1. The van der Waals surface area contributed by atoms with Gasteiger partial charge in [-0.25, -0.2) is 4.98 Å². The minimum Gasteiger partial charge on any atom is -0.311 e. The lowest BCUT2D eigenvalue weighted by Crippen LogP contribution is -2.59. The van der Waals surface area contributed by atoms with E-state index in [-0.39, 0.29) is 0 Å². The molecule has 1 aliphatic rings. The largest absolute Gasteiger partial charge is 0.311 e. The predicted octanol–water partition coefficient (Wildman–Crippen LogP) is 1.66. The minimum absolute atomic E-state index is 0.576. The third-order valence-electron chi connectivity index (χ3n) is 4.74. The first kappa shape index (κ1) is 15.4. The molecule has 0 aliphatic carbocycles. The summed E-state index contributed by atoms with van der Waals surface area (Å²) >= 11 is 0. The quantitative estimate of drug-likeness (QED) is 0.890. The summed E-state index contributed by atoms with van der Waals surface area (Å²) in [4.78, 5) is 6.97. The van der Waals surface area contributed by atoms with E-state index < -0.39 is 0 Å². The molecule has 2 heterocycles. The second-order valence-corrected chi connectivity index (χ2v) is 6.44. The van der Waals surface area contributed by atoms with Gasteiger partial charge in [0.05, 0.1) is 6.54 Å². The molecule has 1 aromatic heterocycles. The fourth-order valence-corrected chi connectivity index (χ4v) is 3.00. The molecule has 0 aromatic carbocycles. The molecule has 0 amide bonds. The van der Waals surface area contributed by atoms with Crippen molar-refractivity contribution in [2.24, 2.45) is 18.9 Å². The van der Waals surface area contributed by atoms with E-state index in [1.54, 1.807) is 6.33 Å². The summed E-state index contributed by atoms with van der Waals surface area (Å²) in [5, 5.41) is 7.93. The third kappa shape index (κ3) is 3.38. The highest BCUT2D eigenvalue weighted by molar-refractivity contribution is 4.93. The maximum Gasteiger partial charge on any atom is 0.140 e. The van der Waals surface area contributed by atoms with Gasteiger partial charge in [0.2, 0.25) is 0 Å². The predicted molar refractivity (Wildman–Crippen MR) is 81.3 cm³/mol. The van der Waals surface area contributed by atoms with E-state index in [2.05, 4.69) is 48.0 Å². The number of nitrogens with one attached hydrogen (secondary N) is 1. The van der Waals surface area contributed by atoms with Crippen LogP contribution >= 0.6 is 0 Å². The van der Waals surface area contributed by atoms with E-state index in [0.717, 1.165) is 25.5 Å². The van der Waals surface area contributed by atoms with E-state index in [0.29, 0.717) is 23.9 Å². The van der Waals surface area contributed by atoms with Gasteiger partial charge in [-0.15, -0.1) is 0 Å². The summed E-state index contributed by atoms with van der Waals surface area (Å²) in [6.45, 7) is 12.3. The number of aryl methyl sites for hydroxylation is 1. The summed E-state index contributed by atoms with van der Waals surface area (Å²) in [7, 11) is 1.97. The molecule has 3 atom stereocenters. The summed E-state index contributed by atoms with van der Waals surface area (Å²) < 4.78 is 1.89. The second kappa shape index (κ2) is 6.68. The number of aromatic nitrogens is 3. The van der Waals surface area contributed by atoms with Crippen LogP contribution in [0.5, 0.6) is 0 Å². The van der Waals surface area contributed by atoms with Gasteiger partial charge in [0, 0.05) is 32.2 Å².